The maximum atomic E-state index is 12.2. The van der Waals surface area contributed by atoms with Gasteiger partial charge < -0.3 is 4.74 Å². The number of rotatable bonds is 5. The van der Waals surface area contributed by atoms with Gasteiger partial charge in [-0.15, -0.1) is 0 Å². The van der Waals surface area contributed by atoms with E-state index in [-0.39, 0.29) is 5.78 Å². The van der Waals surface area contributed by atoms with Crippen LogP contribution in [-0.4, -0.2) is 18.5 Å². The van der Waals surface area contributed by atoms with Crippen LogP contribution in [0.2, 0.25) is 0 Å². The second-order valence-electron chi connectivity index (χ2n) is 4.17. The van der Waals surface area contributed by atoms with Crippen LogP contribution in [0.4, 0.5) is 0 Å². The van der Waals surface area contributed by atoms with Gasteiger partial charge in [0.05, 0.1) is 0 Å². The zero-order valence-corrected chi connectivity index (χ0v) is 10.5. The highest BCUT2D eigenvalue weighted by atomic mass is 16.5. The summed E-state index contributed by atoms with van der Waals surface area (Å²) in [6.07, 6.45) is 1.67. The Morgan fingerprint density at radius 3 is 2.19 bits per heavy atom. The van der Waals surface area contributed by atoms with Crippen molar-refractivity contribution < 1.29 is 9.53 Å². The fourth-order valence-electron chi connectivity index (χ4n) is 1.59. The lowest BCUT2D eigenvalue weighted by atomic mass is 9.91. The first-order valence-electron chi connectivity index (χ1n) is 5.76. The Morgan fingerprint density at radius 1 is 1.25 bits per heavy atom. The van der Waals surface area contributed by atoms with Crippen molar-refractivity contribution >= 4 is 5.78 Å². The predicted octanol–water partition coefficient (Wildman–Crippen LogP) is 3.25. The van der Waals surface area contributed by atoms with Crippen LogP contribution < -0.4 is 0 Å². The molecule has 2 heteroatoms. The van der Waals surface area contributed by atoms with E-state index in [9.17, 15) is 4.79 Å². The molecule has 0 N–H and O–H groups in total. The number of benzene rings is 1. The molecule has 0 saturated heterocycles. The Bertz CT molecular complexity index is 348. The molecule has 0 heterocycles. The number of carbonyl (C=O) groups excluding carboxylic acids is 1. The van der Waals surface area contributed by atoms with Crippen LogP contribution in [0, 0.1) is 0 Å². The van der Waals surface area contributed by atoms with Gasteiger partial charge in [-0.1, -0.05) is 38.1 Å². The van der Waals surface area contributed by atoms with E-state index in [0.717, 1.165) is 12.0 Å². The number of aryl methyl sites for hydroxylation is 1. The van der Waals surface area contributed by atoms with Crippen LogP contribution in [0.1, 0.15) is 43.1 Å². The van der Waals surface area contributed by atoms with E-state index in [1.165, 1.54) is 5.56 Å². The zero-order valence-electron chi connectivity index (χ0n) is 10.5. The molecule has 0 aliphatic rings. The molecule has 1 atom stereocenters. The largest absolute Gasteiger partial charge is 0.370 e. The van der Waals surface area contributed by atoms with Crippen LogP contribution >= 0.6 is 0 Å². The second kappa shape index (κ2) is 5.26. The number of ether oxygens (including phenoxy) is 1. The Kier molecular flexibility index (Phi) is 4.25. The third-order valence-corrected chi connectivity index (χ3v) is 3.23. The van der Waals surface area contributed by atoms with E-state index < -0.39 is 5.60 Å². The average molecular weight is 220 g/mol. The molecule has 0 amide bonds. The van der Waals surface area contributed by atoms with Crippen molar-refractivity contribution in [2.45, 2.75) is 39.2 Å². The summed E-state index contributed by atoms with van der Waals surface area (Å²) in [6, 6.07) is 7.76. The van der Waals surface area contributed by atoms with Crippen molar-refractivity contribution in [3.05, 3.63) is 35.4 Å². The Morgan fingerprint density at radius 2 is 1.81 bits per heavy atom. The van der Waals surface area contributed by atoms with Gasteiger partial charge in [-0.2, -0.15) is 0 Å². The van der Waals surface area contributed by atoms with Gasteiger partial charge in [-0.05, 0) is 25.3 Å². The highest BCUT2D eigenvalue weighted by Crippen LogP contribution is 2.21. The monoisotopic (exact) mass is 220 g/mol. The molecule has 1 rings (SSSR count). The Labute approximate surface area is 97.6 Å². The maximum Gasteiger partial charge on any atom is 0.194 e. The van der Waals surface area contributed by atoms with Gasteiger partial charge in [-0.25, -0.2) is 0 Å². The molecule has 16 heavy (non-hydrogen) atoms. The lowest BCUT2D eigenvalue weighted by Crippen LogP contribution is -2.36. The molecule has 1 aromatic rings. The summed E-state index contributed by atoms with van der Waals surface area (Å²) < 4.78 is 5.31. The highest BCUT2D eigenvalue weighted by Gasteiger charge is 2.31. The lowest BCUT2D eigenvalue weighted by Gasteiger charge is -2.24. The summed E-state index contributed by atoms with van der Waals surface area (Å²) in [7, 11) is 1.59. The van der Waals surface area contributed by atoms with Crippen LogP contribution in [0.5, 0.6) is 0 Å². The van der Waals surface area contributed by atoms with E-state index in [4.69, 9.17) is 4.74 Å². The number of hydrogen-bond donors (Lipinski definition) is 0. The third kappa shape index (κ3) is 2.50. The normalized spacial score (nSPS) is 14.5. The summed E-state index contributed by atoms with van der Waals surface area (Å²) in [4.78, 5) is 12.2. The molecule has 88 valence electrons. The van der Waals surface area contributed by atoms with Gasteiger partial charge in [-0.3, -0.25) is 4.79 Å². The fourth-order valence-corrected chi connectivity index (χ4v) is 1.59. The van der Waals surface area contributed by atoms with Crippen LogP contribution in [0.3, 0.4) is 0 Å². The van der Waals surface area contributed by atoms with E-state index in [0.29, 0.717) is 6.42 Å². The molecule has 0 aliphatic carbocycles. The molecule has 2 nitrogen and oxygen atoms in total. The molecule has 0 aromatic heterocycles. The Hall–Kier alpha value is -1.15. The standard InChI is InChI=1S/C14H20O2/c1-5-11-7-9-12(10-8-11)13(15)14(3,6-2)16-4/h7-10H,5-6H2,1-4H3. The van der Waals surface area contributed by atoms with E-state index in [2.05, 4.69) is 6.92 Å². The number of ketones is 1. The van der Waals surface area contributed by atoms with Gasteiger partial charge in [0.15, 0.2) is 5.78 Å². The first-order valence-corrected chi connectivity index (χ1v) is 5.76. The van der Waals surface area contributed by atoms with E-state index in [1.54, 1.807) is 7.11 Å². The van der Waals surface area contributed by atoms with Crippen molar-refractivity contribution in [2.75, 3.05) is 7.11 Å². The van der Waals surface area contributed by atoms with Gasteiger partial charge in [0, 0.05) is 12.7 Å². The quantitative estimate of drug-likeness (QED) is 0.712. The van der Waals surface area contributed by atoms with Crippen LogP contribution in [0.25, 0.3) is 0 Å². The fraction of sp³-hybridized carbons (Fsp3) is 0.500. The molecule has 1 aromatic carbocycles. The first-order chi connectivity index (χ1) is 7.57. The van der Waals surface area contributed by atoms with Crippen molar-refractivity contribution in [2.24, 2.45) is 0 Å². The minimum atomic E-state index is -0.701. The van der Waals surface area contributed by atoms with E-state index in [1.807, 2.05) is 38.1 Å². The zero-order chi connectivity index (χ0) is 12.2. The molecular formula is C14H20O2. The topological polar surface area (TPSA) is 26.3 Å². The average Bonchev–Trinajstić information content (AvgIpc) is 2.37. The van der Waals surface area contributed by atoms with Gasteiger partial charge in [0.2, 0.25) is 0 Å². The summed E-state index contributed by atoms with van der Waals surface area (Å²) >= 11 is 0. The van der Waals surface area contributed by atoms with Gasteiger partial charge >= 0.3 is 0 Å². The van der Waals surface area contributed by atoms with Crippen LogP contribution in [-0.2, 0) is 11.2 Å². The van der Waals surface area contributed by atoms with Crippen molar-refractivity contribution in [1.82, 2.24) is 0 Å². The second-order valence-corrected chi connectivity index (χ2v) is 4.17. The molecule has 0 radical (unpaired) electrons. The summed E-state index contributed by atoms with van der Waals surface area (Å²) in [5, 5.41) is 0. The van der Waals surface area contributed by atoms with Crippen molar-refractivity contribution in [3.63, 3.8) is 0 Å². The van der Waals surface area contributed by atoms with Gasteiger partial charge in [0.1, 0.15) is 5.60 Å². The minimum absolute atomic E-state index is 0.0557. The maximum absolute atomic E-state index is 12.2. The molecule has 0 saturated carbocycles. The summed E-state index contributed by atoms with van der Waals surface area (Å²) in [5.74, 6) is 0.0557. The first kappa shape index (κ1) is 12.9. The molecule has 1 unspecified atom stereocenters. The smallest absolute Gasteiger partial charge is 0.194 e. The van der Waals surface area contributed by atoms with Crippen molar-refractivity contribution in [3.8, 4) is 0 Å². The predicted molar refractivity (Wildman–Crippen MR) is 65.9 cm³/mol. The third-order valence-electron chi connectivity index (χ3n) is 3.23. The lowest BCUT2D eigenvalue weighted by molar-refractivity contribution is 0.0106. The number of carbonyl (C=O) groups is 1. The van der Waals surface area contributed by atoms with Gasteiger partial charge in [0.25, 0.3) is 0 Å². The number of methoxy groups -OCH3 is 1. The molecule has 0 fully saturated rings. The highest BCUT2D eigenvalue weighted by molar-refractivity contribution is 6.02. The van der Waals surface area contributed by atoms with Crippen LogP contribution in [0.15, 0.2) is 24.3 Å². The molecular weight excluding hydrogens is 200 g/mol. The number of hydrogen-bond acceptors (Lipinski definition) is 2. The van der Waals surface area contributed by atoms with E-state index >= 15 is 0 Å². The summed E-state index contributed by atoms with van der Waals surface area (Å²) in [6.45, 7) is 5.90. The minimum Gasteiger partial charge on any atom is -0.370 e. The van der Waals surface area contributed by atoms with Crippen molar-refractivity contribution in [1.29, 1.82) is 0 Å². The molecule has 0 spiro atoms. The SMILES string of the molecule is CCc1ccc(C(=O)C(C)(CC)OC)cc1. The summed E-state index contributed by atoms with van der Waals surface area (Å²) in [5.41, 5.74) is 1.27. The molecule has 0 bridgehead atoms. The Balaban J connectivity index is 2.95. The number of Topliss-reactive ketones (excluding diaryl/α,β-unsaturated/α-hetero) is 1. The molecule has 0 aliphatic heterocycles.